The van der Waals surface area contributed by atoms with Gasteiger partial charge in [0.15, 0.2) is 17.1 Å². The lowest BCUT2D eigenvalue weighted by Gasteiger charge is -2.55. The van der Waals surface area contributed by atoms with Crippen LogP contribution in [0.2, 0.25) is 0 Å². The molecule has 342 valence electrons. The van der Waals surface area contributed by atoms with Crippen molar-refractivity contribution >= 4 is 48.7 Å². The number of hydrogen-bond donors (Lipinski definition) is 7. The molecule has 0 radical (unpaired) electrons. The van der Waals surface area contributed by atoms with Crippen LogP contribution in [0.1, 0.15) is 98.4 Å². The largest absolute Gasteiger partial charge is 0.508 e. The molecule has 6 heterocycles. The second-order valence-electron chi connectivity index (χ2n) is 18.7. The third-order valence-corrected chi connectivity index (χ3v) is 20.6. The summed E-state index contributed by atoms with van der Waals surface area (Å²) in [7, 11) is 8.72. The molecule has 8 bridgehead atoms. The minimum Gasteiger partial charge on any atom is -0.508 e. The number of phenols is 3. The number of H-pyrrole nitrogens is 1. The van der Waals surface area contributed by atoms with Crippen molar-refractivity contribution in [3.05, 3.63) is 82.2 Å². The summed E-state index contributed by atoms with van der Waals surface area (Å²) in [5, 5.41) is 70.8. The number of aromatic nitrogens is 1. The summed E-state index contributed by atoms with van der Waals surface area (Å²) >= 11 is 0. The number of nitrogens with one attached hydrogen (secondary N) is 1. The maximum absolute atomic E-state index is 13.4. The quantitative estimate of drug-likeness (QED) is 0.0709. The Kier molecular flexibility index (Phi) is 12.2. The first-order valence-corrected chi connectivity index (χ1v) is 27.2. The number of fused-ring (bicyclic) bond motifs is 5. The number of allylic oxidation sites excluding steroid dienone is 1. The molecule has 1 saturated carbocycles. The molecule has 11 nitrogen and oxygen atoms in total. The minimum atomic E-state index is -1.52. The zero-order chi connectivity index (χ0) is 44.5. The Hall–Kier alpha value is -3.44. The van der Waals surface area contributed by atoms with Crippen LogP contribution in [0.4, 0.5) is 0 Å². The number of phenolic OH excluding ortho intramolecular Hbond substituents is 3. The summed E-state index contributed by atoms with van der Waals surface area (Å²) in [4.78, 5) is 3.31. The van der Waals surface area contributed by atoms with Gasteiger partial charge in [-0.1, -0.05) is 63.1 Å². The monoisotopic (exact) mass is 947 g/mol. The van der Waals surface area contributed by atoms with E-state index in [0.717, 1.165) is 65.7 Å². The van der Waals surface area contributed by atoms with Crippen LogP contribution < -0.4 is 18.9 Å². The number of methoxy groups -OCH3 is 1. The molecule has 8 aliphatic rings. The predicted molar refractivity (Wildman–Crippen MR) is 257 cm³/mol. The first kappa shape index (κ1) is 44.4. The molecule has 7 N–H and O–H groups in total. The molecule has 64 heavy (non-hydrogen) atoms. The SMILES string of the molecule is COc1c(O)c(OCCC(C)C)cc(C23CCC4SSC5CC6CCC7c8cc(O)ccc8-c8c(OCCO)cc(c(c8C7(CO)CSSCC5=C(c5cc[nH]c5)C6)C4C2O)O3)c1O. The summed E-state index contributed by atoms with van der Waals surface area (Å²) < 4.78 is 25.7. The summed E-state index contributed by atoms with van der Waals surface area (Å²) in [6, 6.07) is 11.2. The summed E-state index contributed by atoms with van der Waals surface area (Å²) in [5.41, 5.74) is 6.22. The number of ether oxygens (including phenoxy) is 4. The highest BCUT2D eigenvalue weighted by Crippen LogP contribution is 2.68. The third-order valence-electron chi connectivity index (χ3n) is 14.8. The fourth-order valence-electron chi connectivity index (χ4n) is 11.7. The molecule has 4 aromatic rings. The Morgan fingerprint density at radius 2 is 1.80 bits per heavy atom. The van der Waals surface area contributed by atoms with Crippen molar-refractivity contribution in [1.29, 1.82) is 0 Å². The smallest absolute Gasteiger partial charge is 0.207 e. The highest BCUT2D eigenvalue weighted by Gasteiger charge is 2.61. The van der Waals surface area contributed by atoms with Crippen molar-refractivity contribution in [2.24, 2.45) is 11.8 Å². The Morgan fingerprint density at radius 3 is 2.56 bits per heavy atom. The van der Waals surface area contributed by atoms with E-state index in [9.17, 15) is 30.6 Å². The molecular weight excluding hydrogens is 891 g/mol. The highest BCUT2D eigenvalue weighted by atomic mass is 33.1. The Morgan fingerprint density at radius 1 is 0.953 bits per heavy atom. The van der Waals surface area contributed by atoms with Gasteiger partial charge in [-0.15, -0.1) is 0 Å². The zero-order valence-corrected chi connectivity index (χ0v) is 39.6. The third kappa shape index (κ3) is 7.16. The van der Waals surface area contributed by atoms with Crippen molar-refractivity contribution in [3.63, 3.8) is 0 Å². The van der Waals surface area contributed by atoms with Crippen molar-refractivity contribution in [3.8, 4) is 51.4 Å². The molecule has 5 aliphatic heterocycles. The molecule has 0 amide bonds. The number of aromatic amines is 1. The fraction of sp³-hybridized carbons (Fsp3) is 0.510. The average Bonchev–Trinajstić information content (AvgIpc) is 3.82. The van der Waals surface area contributed by atoms with Crippen LogP contribution in [0.25, 0.3) is 16.7 Å². The van der Waals surface area contributed by atoms with Crippen molar-refractivity contribution < 1.29 is 49.6 Å². The highest BCUT2D eigenvalue weighted by molar-refractivity contribution is 8.77. The molecule has 8 atom stereocenters. The van der Waals surface area contributed by atoms with E-state index >= 15 is 0 Å². The van der Waals surface area contributed by atoms with Gasteiger partial charge < -0.3 is 54.6 Å². The minimum absolute atomic E-state index is 0.000205. The van der Waals surface area contributed by atoms with Crippen LogP contribution in [-0.4, -0.2) is 97.3 Å². The van der Waals surface area contributed by atoms with Crippen LogP contribution in [-0.2, 0) is 11.0 Å². The first-order chi connectivity index (χ1) is 31.0. The number of aromatic hydroxyl groups is 3. The van der Waals surface area contributed by atoms with Gasteiger partial charge in [-0.25, -0.2) is 0 Å². The van der Waals surface area contributed by atoms with Gasteiger partial charge in [0.05, 0.1) is 26.9 Å². The van der Waals surface area contributed by atoms with E-state index in [0.29, 0.717) is 48.5 Å². The van der Waals surface area contributed by atoms with Gasteiger partial charge in [0.25, 0.3) is 0 Å². The fourth-order valence-corrected chi connectivity index (χ4v) is 18.3. The number of hydrogen-bond acceptors (Lipinski definition) is 14. The number of aliphatic hydroxyl groups is 3. The zero-order valence-electron chi connectivity index (χ0n) is 36.3. The second-order valence-corrected chi connectivity index (χ2v) is 23.8. The van der Waals surface area contributed by atoms with E-state index < -0.39 is 23.0 Å². The van der Waals surface area contributed by atoms with E-state index in [1.54, 1.807) is 22.9 Å². The second kappa shape index (κ2) is 17.7. The Balaban J connectivity index is 1.25. The van der Waals surface area contributed by atoms with E-state index in [-0.39, 0.29) is 70.5 Å². The van der Waals surface area contributed by atoms with Gasteiger partial charge in [0, 0.05) is 68.5 Å². The standard InChI is InChI=1S/C49H57NO10S4/c1-25(2)10-14-58-37-19-34(44(54)46(57-3)45(37)55)49-11-8-38-42(47(49)56)41-36(60-49)20-35(59-15-13-51)40-29-6-5-28(53)18-31(29)33-7-4-26-16-30(27-9-12-50-21-27)32(39(17-26)64-63-38)22-61-62-24-48(33,23-52)43(40)41/h5-6,9,12,18-21,25-26,33,38-39,42,47,50-56H,4,7-8,10-11,13-17,22-24H2,1-3H3. The predicted octanol–water partition coefficient (Wildman–Crippen LogP) is 9.63. The van der Waals surface area contributed by atoms with Gasteiger partial charge >= 0.3 is 0 Å². The number of benzene rings is 3. The summed E-state index contributed by atoms with van der Waals surface area (Å²) in [6.45, 7) is 4.06. The molecule has 1 saturated heterocycles. The molecule has 12 rings (SSSR count). The van der Waals surface area contributed by atoms with E-state index in [1.807, 2.05) is 56.8 Å². The molecule has 0 spiro atoms. The maximum Gasteiger partial charge on any atom is 0.207 e. The van der Waals surface area contributed by atoms with E-state index in [1.165, 1.54) is 23.8 Å². The molecule has 8 unspecified atom stereocenters. The van der Waals surface area contributed by atoms with Gasteiger partial charge in [0.1, 0.15) is 30.0 Å². The van der Waals surface area contributed by atoms with Gasteiger partial charge in [0.2, 0.25) is 11.5 Å². The molecular formula is C49H57NO10S4. The number of aliphatic hydroxyl groups excluding tert-OH is 3. The Bertz CT molecular complexity index is 2440. The average molecular weight is 948 g/mol. The van der Waals surface area contributed by atoms with Crippen LogP contribution in [0.5, 0.6) is 40.2 Å². The summed E-state index contributed by atoms with van der Waals surface area (Å²) in [6.07, 6.45) is 8.22. The van der Waals surface area contributed by atoms with Gasteiger partial charge in [-0.05, 0) is 120 Å². The van der Waals surface area contributed by atoms with Gasteiger partial charge in [-0.3, -0.25) is 0 Å². The molecule has 1 aromatic heterocycles. The summed E-state index contributed by atoms with van der Waals surface area (Å²) in [5.74, 6) is 1.69. The van der Waals surface area contributed by atoms with Crippen molar-refractivity contribution in [2.45, 2.75) is 98.2 Å². The van der Waals surface area contributed by atoms with Crippen LogP contribution in [0.3, 0.4) is 0 Å². The lowest BCUT2D eigenvalue weighted by Crippen LogP contribution is -2.57. The first-order valence-electron chi connectivity index (χ1n) is 22.5. The lowest BCUT2D eigenvalue weighted by atomic mass is 9.56. The van der Waals surface area contributed by atoms with Crippen LogP contribution in [0, 0.1) is 11.8 Å². The van der Waals surface area contributed by atoms with Crippen LogP contribution in [0.15, 0.2) is 54.4 Å². The molecule has 15 heteroatoms. The maximum atomic E-state index is 13.4. The Labute approximate surface area is 389 Å². The molecule has 3 aliphatic carbocycles. The van der Waals surface area contributed by atoms with E-state index in [2.05, 4.69) is 31.1 Å². The topological polar surface area (TPSA) is 174 Å². The van der Waals surface area contributed by atoms with Crippen molar-refractivity contribution in [2.75, 3.05) is 45.0 Å². The van der Waals surface area contributed by atoms with Crippen molar-refractivity contribution in [1.82, 2.24) is 4.98 Å². The number of rotatable bonds is 11. The normalized spacial score (nSPS) is 29.2. The lowest BCUT2D eigenvalue weighted by molar-refractivity contribution is -0.112. The molecule has 3 aromatic carbocycles. The van der Waals surface area contributed by atoms with E-state index in [4.69, 9.17) is 18.9 Å². The van der Waals surface area contributed by atoms with Crippen LogP contribution >= 0.6 is 43.2 Å². The van der Waals surface area contributed by atoms with Gasteiger partial charge in [-0.2, -0.15) is 0 Å². The molecule has 2 fully saturated rings.